The molecule has 0 amide bonds. The van der Waals surface area contributed by atoms with Crippen LogP contribution in [-0.4, -0.2) is 6.54 Å². The highest BCUT2D eigenvalue weighted by Crippen LogP contribution is 2.33. The van der Waals surface area contributed by atoms with Crippen LogP contribution in [0.25, 0.3) is 0 Å². The molecule has 1 saturated carbocycles. The molecule has 3 unspecified atom stereocenters. The first-order chi connectivity index (χ1) is 9.74. The van der Waals surface area contributed by atoms with E-state index < -0.39 is 0 Å². The van der Waals surface area contributed by atoms with E-state index in [0.717, 1.165) is 36.8 Å². The largest absolute Gasteiger partial charge is 0.310 e. The van der Waals surface area contributed by atoms with Crippen molar-refractivity contribution in [3.05, 3.63) is 35.1 Å². The predicted molar refractivity (Wildman–Crippen MR) is 81.2 cm³/mol. The third-order valence-electron chi connectivity index (χ3n) is 5.20. The maximum atomic E-state index is 13.7. The Bertz CT molecular complexity index is 457. The fourth-order valence-electron chi connectivity index (χ4n) is 4.11. The first kappa shape index (κ1) is 14.1. The van der Waals surface area contributed by atoms with Gasteiger partial charge in [-0.1, -0.05) is 38.3 Å². The van der Waals surface area contributed by atoms with Gasteiger partial charge in [0.1, 0.15) is 5.82 Å². The fourth-order valence-corrected chi connectivity index (χ4v) is 4.11. The lowest BCUT2D eigenvalue weighted by Gasteiger charge is -2.27. The molecular formula is C18H26FN. The summed E-state index contributed by atoms with van der Waals surface area (Å²) < 4.78 is 13.7. The van der Waals surface area contributed by atoms with Crippen LogP contribution >= 0.6 is 0 Å². The van der Waals surface area contributed by atoms with Gasteiger partial charge >= 0.3 is 0 Å². The summed E-state index contributed by atoms with van der Waals surface area (Å²) in [6.45, 7) is 3.47. The summed E-state index contributed by atoms with van der Waals surface area (Å²) in [6.07, 6.45) is 8.85. The number of halogens is 1. The van der Waals surface area contributed by atoms with Gasteiger partial charge in [-0.2, -0.15) is 0 Å². The monoisotopic (exact) mass is 275 g/mol. The Morgan fingerprint density at radius 3 is 3.00 bits per heavy atom. The van der Waals surface area contributed by atoms with Gasteiger partial charge in [0.05, 0.1) is 0 Å². The number of hydrogen-bond acceptors (Lipinski definition) is 1. The molecule has 0 saturated heterocycles. The smallest absolute Gasteiger partial charge is 0.126 e. The van der Waals surface area contributed by atoms with Crippen LogP contribution in [-0.2, 0) is 6.42 Å². The predicted octanol–water partition coefficient (Wildman–Crippen LogP) is 4.62. The second-order valence-corrected chi connectivity index (χ2v) is 6.78. The van der Waals surface area contributed by atoms with Crippen molar-refractivity contribution in [1.82, 2.24) is 5.32 Å². The van der Waals surface area contributed by atoms with Crippen molar-refractivity contribution in [3.8, 4) is 0 Å². The van der Waals surface area contributed by atoms with Crippen LogP contribution in [0.15, 0.2) is 18.2 Å². The zero-order valence-electron chi connectivity index (χ0n) is 12.5. The van der Waals surface area contributed by atoms with Crippen molar-refractivity contribution < 1.29 is 4.39 Å². The summed E-state index contributed by atoms with van der Waals surface area (Å²) in [7, 11) is 0. The lowest BCUT2D eigenvalue weighted by Crippen LogP contribution is -2.24. The van der Waals surface area contributed by atoms with Crippen molar-refractivity contribution in [2.75, 3.05) is 6.54 Å². The maximum Gasteiger partial charge on any atom is 0.126 e. The molecule has 0 heterocycles. The zero-order valence-corrected chi connectivity index (χ0v) is 12.5. The molecule has 110 valence electrons. The topological polar surface area (TPSA) is 12.0 Å². The molecule has 1 aromatic carbocycles. The van der Waals surface area contributed by atoms with Crippen LogP contribution in [0.1, 0.15) is 62.6 Å². The van der Waals surface area contributed by atoms with Gasteiger partial charge in [-0.3, -0.25) is 0 Å². The lowest BCUT2D eigenvalue weighted by molar-refractivity contribution is 0.265. The highest BCUT2D eigenvalue weighted by molar-refractivity contribution is 5.35. The number of fused-ring (bicyclic) bond motifs is 1. The molecule has 0 aromatic heterocycles. The highest BCUT2D eigenvalue weighted by Gasteiger charge is 2.25. The van der Waals surface area contributed by atoms with Gasteiger partial charge in [0.2, 0.25) is 0 Å². The molecule has 1 nitrogen and oxygen atoms in total. The van der Waals surface area contributed by atoms with Crippen molar-refractivity contribution in [2.45, 2.75) is 57.9 Å². The van der Waals surface area contributed by atoms with Crippen molar-refractivity contribution in [1.29, 1.82) is 0 Å². The van der Waals surface area contributed by atoms with Crippen molar-refractivity contribution in [3.63, 3.8) is 0 Å². The number of benzene rings is 1. The molecular weight excluding hydrogens is 249 g/mol. The summed E-state index contributed by atoms with van der Waals surface area (Å²) in [5.74, 6) is 1.79. The van der Waals surface area contributed by atoms with Gasteiger partial charge in [0, 0.05) is 6.04 Å². The summed E-state index contributed by atoms with van der Waals surface area (Å²) in [6, 6.07) is 5.90. The maximum absolute atomic E-state index is 13.7. The molecule has 0 bridgehead atoms. The van der Waals surface area contributed by atoms with Crippen molar-refractivity contribution in [2.24, 2.45) is 11.8 Å². The number of nitrogens with one attached hydrogen (secondary N) is 1. The van der Waals surface area contributed by atoms with Crippen LogP contribution in [0.2, 0.25) is 0 Å². The average molecular weight is 275 g/mol. The molecule has 3 rings (SSSR count). The van der Waals surface area contributed by atoms with Gasteiger partial charge in [0.25, 0.3) is 0 Å². The Kier molecular flexibility index (Phi) is 4.40. The van der Waals surface area contributed by atoms with Gasteiger partial charge in [-0.25, -0.2) is 4.39 Å². The zero-order chi connectivity index (χ0) is 13.9. The van der Waals surface area contributed by atoms with Gasteiger partial charge < -0.3 is 5.32 Å². The average Bonchev–Trinajstić information content (AvgIpc) is 2.84. The first-order valence-corrected chi connectivity index (χ1v) is 8.24. The molecule has 0 spiro atoms. The van der Waals surface area contributed by atoms with Crippen LogP contribution in [0.4, 0.5) is 4.39 Å². The van der Waals surface area contributed by atoms with Crippen LogP contribution in [0.5, 0.6) is 0 Å². The summed E-state index contributed by atoms with van der Waals surface area (Å²) >= 11 is 0. The second-order valence-electron chi connectivity index (χ2n) is 6.78. The molecule has 1 aromatic rings. The second kappa shape index (κ2) is 6.26. The van der Waals surface area contributed by atoms with Gasteiger partial charge in [-0.05, 0) is 61.3 Å². The van der Waals surface area contributed by atoms with E-state index in [-0.39, 0.29) is 5.82 Å². The molecule has 2 heteroatoms. The van der Waals surface area contributed by atoms with E-state index in [1.54, 1.807) is 6.07 Å². The van der Waals surface area contributed by atoms with Crippen LogP contribution in [0.3, 0.4) is 0 Å². The van der Waals surface area contributed by atoms with E-state index in [1.165, 1.54) is 37.7 Å². The molecule has 0 aliphatic heterocycles. The van der Waals surface area contributed by atoms with E-state index in [4.69, 9.17) is 0 Å². The molecule has 0 radical (unpaired) electrons. The third-order valence-corrected chi connectivity index (χ3v) is 5.20. The molecule has 1 fully saturated rings. The van der Waals surface area contributed by atoms with E-state index in [9.17, 15) is 4.39 Å². The minimum Gasteiger partial charge on any atom is -0.310 e. The normalized spacial score (nSPS) is 29.4. The minimum atomic E-state index is -0.0205. The Labute approximate surface area is 122 Å². The Hall–Kier alpha value is -0.890. The molecule has 1 N–H and O–H groups in total. The number of rotatable bonds is 4. The fraction of sp³-hybridized carbons (Fsp3) is 0.667. The lowest BCUT2D eigenvalue weighted by atomic mass is 9.81. The van der Waals surface area contributed by atoms with E-state index in [0.29, 0.717) is 6.04 Å². The Morgan fingerprint density at radius 1 is 1.25 bits per heavy atom. The van der Waals surface area contributed by atoms with Gasteiger partial charge in [-0.15, -0.1) is 0 Å². The van der Waals surface area contributed by atoms with Crippen LogP contribution < -0.4 is 5.32 Å². The highest BCUT2D eigenvalue weighted by atomic mass is 19.1. The Balaban J connectivity index is 1.50. The van der Waals surface area contributed by atoms with Gasteiger partial charge in [0.15, 0.2) is 0 Å². The van der Waals surface area contributed by atoms with Crippen molar-refractivity contribution >= 4 is 0 Å². The third kappa shape index (κ3) is 3.06. The molecule has 2 aliphatic rings. The summed E-state index contributed by atoms with van der Waals surface area (Å²) in [4.78, 5) is 0. The first-order valence-electron chi connectivity index (χ1n) is 8.24. The number of hydrogen-bond donors (Lipinski definition) is 1. The molecule has 20 heavy (non-hydrogen) atoms. The van der Waals surface area contributed by atoms with Crippen LogP contribution in [0, 0.1) is 17.7 Å². The molecule has 3 atom stereocenters. The minimum absolute atomic E-state index is 0.0205. The SMILES string of the molecule is CC1CCCC(CCNC2CCc3c(F)cccc32)C1. The molecule has 2 aliphatic carbocycles. The summed E-state index contributed by atoms with van der Waals surface area (Å²) in [5.41, 5.74) is 2.14. The quantitative estimate of drug-likeness (QED) is 0.845. The van der Waals surface area contributed by atoms with E-state index in [2.05, 4.69) is 18.3 Å². The Morgan fingerprint density at radius 2 is 2.15 bits per heavy atom. The summed E-state index contributed by atoms with van der Waals surface area (Å²) in [5, 5.41) is 3.66. The van der Waals surface area contributed by atoms with E-state index >= 15 is 0 Å². The van der Waals surface area contributed by atoms with E-state index in [1.807, 2.05) is 6.07 Å². The standard InChI is InChI=1S/C18H26FN/c1-13-4-2-5-14(12-13)10-11-20-18-9-8-15-16(18)6-3-7-17(15)19/h3,6-7,13-14,18,20H,2,4-5,8-12H2,1H3.